The molecule has 17 heavy (non-hydrogen) atoms. The van der Waals surface area contributed by atoms with E-state index in [4.69, 9.17) is 9.05 Å². The van der Waals surface area contributed by atoms with E-state index in [9.17, 15) is 4.57 Å². The van der Waals surface area contributed by atoms with Gasteiger partial charge in [-0.25, -0.2) is 4.57 Å². The van der Waals surface area contributed by atoms with Gasteiger partial charge in [0.25, 0.3) is 0 Å². The fourth-order valence-corrected chi connectivity index (χ4v) is 2.41. The lowest BCUT2D eigenvalue weighted by Gasteiger charge is -2.15. The van der Waals surface area contributed by atoms with Crippen molar-refractivity contribution >= 4 is 7.60 Å². The Morgan fingerprint density at radius 1 is 0.765 bits per heavy atom. The van der Waals surface area contributed by atoms with Gasteiger partial charge < -0.3 is 9.05 Å². The maximum atomic E-state index is 12.1. The second-order valence-electron chi connectivity index (χ2n) is 3.58. The number of hydrogen-bond donors (Lipinski definition) is 0. The molecule has 0 aromatic heterocycles. The molecule has 0 saturated carbocycles. The third-order valence-electron chi connectivity index (χ3n) is 2.03. The Hall–Kier alpha value is -1.73. The molecule has 0 aliphatic carbocycles. The first kappa shape index (κ1) is 11.7. The van der Waals surface area contributed by atoms with Crippen LogP contribution in [0.5, 0.6) is 11.5 Å². The summed E-state index contributed by atoms with van der Waals surface area (Å²) in [7, 11) is -3.14. The third kappa shape index (κ3) is 3.65. The smallest absolute Gasteiger partial charge is 0.416 e. The van der Waals surface area contributed by atoms with Gasteiger partial charge in [0, 0.05) is 0 Å². The molecule has 2 rings (SSSR count). The van der Waals surface area contributed by atoms with E-state index in [2.05, 4.69) is 0 Å². The summed E-state index contributed by atoms with van der Waals surface area (Å²) in [5, 5.41) is 0. The molecule has 2 aromatic carbocycles. The van der Waals surface area contributed by atoms with Crippen molar-refractivity contribution in [1.82, 2.24) is 0 Å². The van der Waals surface area contributed by atoms with Gasteiger partial charge in [0.05, 0.1) is 6.66 Å². The van der Waals surface area contributed by atoms with Gasteiger partial charge in [0.1, 0.15) is 11.5 Å². The monoisotopic (exact) mass is 248 g/mol. The second-order valence-corrected chi connectivity index (χ2v) is 5.49. The Bertz CT molecular complexity index is 465. The molecule has 2 aromatic rings. The molecule has 0 unspecified atom stereocenters. The first-order valence-corrected chi connectivity index (χ1v) is 7.21. The van der Waals surface area contributed by atoms with Crippen molar-refractivity contribution in [2.45, 2.75) is 0 Å². The van der Waals surface area contributed by atoms with Crippen molar-refractivity contribution in [3.63, 3.8) is 0 Å². The van der Waals surface area contributed by atoms with Crippen LogP contribution in [0, 0.1) is 0 Å². The van der Waals surface area contributed by atoms with Crippen molar-refractivity contribution in [2.24, 2.45) is 0 Å². The van der Waals surface area contributed by atoms with E-state index in [-0.39, 0.29) is 0 Å². The lowest BCUT2D eigenvalue weighted by atomic mass is 10.3. The molecule has 0 heterocycles. The molecule has 0 spiro atoms. The molecule has 0 saturated heterocycles. The minimum Gasteiger partial charge on any atom is -0.416 e. The topological polar surface area (TPSA) is 35.5 Å². The standard InChI is InChI=1S/C13H13O3P/c1-17(14,15-12-8-4-2-5-9-12)16-13-10-6-3-7-11-13/h2-11H,1H3. The van der Waals surface area contributed by atoms with Gasteiger partial charge in [0.2, 0.25) is 0 Å². The minimum absolute atomic E-state index is 0.536. The average Bonchev–Trinajstić information content (AvgIpc) is 2.30. The Morgan fingerprint density at radius 2 is 1.12 bits per heavy atom. The Kier molecular flexibility index (Phi) is 3.50. The van der Waals surface area contributed by atoms with Crippen LogP contribution < -0.4 is 9.05 Å². The SMILES string of the molecule is CP(=O)(Oc1ccccc1)Oc1ccccc1. The predicted octanol–water partition coefficient (Wildman–Crippen LogP) is 3.97. The fraction of sp³-hybridized carbons (Fsp3) is 0.0769. The normalized spacial score (nSPS) is 10.9. The van der Waals surface area contributed by atoms with Crippen LogP contribution in [-0.2, 0) is 4.57 Å². The summed E-state index contributed by atoms with van der Waals surface area (Å²) >= 11 is 0. The number of rotatable bonds is 4. The van der Waals surface area contributed by atoms with E-state index in [1.807, 2.05) is 36.4 Å². The van der Waals surface area contributed by atoms with Gasteiger partial charge in [-0.3, -0.25) is 0 Å². The summed E-state index contributed by atoms with van der Waals surface area (Å²) in [5.74, 6) is 1.07. The van der Waals surface area contributed by atoms with Crippen LogP contribution in [0.25, 0.3) is 0 Å². The molecule has 0 aliphatic heterocycles. The lowest BCUT2D eigenvalue weighted by molar-refractivity contribution is 0.393. The van der Waals surface area contributed by atoms with Crippen molar-refractivity contribution in [3.05, 3.63) is 60.7 Å². The average molecular weight is 248 g/mol. The van der Waals surface area contributed by atoms with Crippen LogP contribution in [-0.4, -0.2) is 6.66 Å². The van der Waals surface area contributed by atoms with Crippen LogP contribution in [0.1, 0.15) is 0 Å². The zero-order valence-corrected chi connectivity index (χ0v) is 10.3. The maximum Gasteiger partial charge on any atom is 0.427 e. The van der Waals surface area contributed by atoms with E-state index < -0.39 is 7.60 Å². The van der Waals surface area contributed by atoms with Crippen LogP contribution in [0.15, 0.2) is 60.7 Å². The van der Waals surface area contributed by atoms with E-state index in [0.717, 1.165) is 0 Å². The quantitative estimate of drug-likeness (QED) is 0.768. The lowest BCUT2D eigenvalue weighted by Crippen LogP contribution is -1.98. The molecule has 88 valence electrons. The summed E-state index contributed by atoms with van der Waals surface area (Å²) in [6.07, 6.45) is 0. The van der Waals surface area contributed by atoms with Crippen molar-refractivity contribution in [2.75, 3.05) is 6.66 Å². The Labute approximate surface area is 101 Å². The Morgan fingerprint density at radius 3 is 1.47 bits per heavy atom. The van der Waals surface area contributed by atoms with Crippen molar-refractivity contribution in [3.8, 4) is 11.5 Å². The maximum absolute atomic E-state index is 12.1. The zero-order chi connectivity index (χ0) is 12.1. The van der Waals surface area contributed by atoms with Crippen molar-refractivity contribution < 1.29 is 13.6 Å². The molecule has 0 aliphatic rings. The molecule has 4 heteroatoms. The fourth-order valence-electron chi connectivity index (χ4n) is 1.36. The van der Waals surface area contributed by atoms with Crippen LogP contribution in [0.2, 0.25) is 0 Å². The number of benzene rings is 2. The summed E-state index contributed by atoms with van der Waals surface area (Å²) in [6, 6.07) is 18.0. The molecular formula is C13H13O3P. The van der Waals surface area contributed by atoms with Crippen molar-refractivity contribution in [1.29, 1.82) is 0 Å². The van der Waals surface area contributed by atoms with Gasteiger partial charge >= 0.3 is 7.60 Å². The third-order valence-corrected chi connectivity index (χ3v) is 3.11. The van der Waals surface area contributed by atoms with Crippen LogP contribution in [0.4, 0.5) is 0 Å². The molecule has 0 N–H and O–H groups in total. The van der Waals surface area contributed by atoms with E-state index in [0.29, 0.717) is 11.5 Å². The molecule has 0 amide bonds. The predicted molar refractivity (Wildman–Crippen MR) is 67.7 cm³/mol. The summed E-state index contributed by atoms with van der Waals surface area (Å²) < 4.78 is 22.8. The summed E-state index contributed by atoms with van der Waals surface area (Å²) in [4.78, 5) is 0. The van der Waals surface area contributed by atoms with E-state index in [1.165, 1.54) is 6.66 Å². The first-order chi connectivity index (χ1) is 8.16. The first-order valence-electron chi connectivity index (χ1n) is 5.22. The minimum atomic E-state index is -3.14. The van der Waals surface area contributed by atoms with Gasteiger partial charge in [-0.2, -0.15) is 0 Å². The highest BCUT2D eigenvalue weighted by atomic mass is 31.2. The molecule has 0 bridgehead atoms. The molecule has 0 radical (unpaired) electrons. The molecule has 3 nitrogen and oxygen atoms in total. The largest absolute Gasteiger partial charge is 0.427 e. The van der Waals surface area contributed by atoms with Gasteiger partial charge in [-0.15, -0.1) is 0 Å². The van der Waals surface area contributed by atoms with E-state index >= 15 is 0 Å². The molecule has 0 atom stereocenters. The highest BCUT2D eigenvalue weighted by molar-refractivity contribution is 7.53. The molecular weight excluding hydrogens is 235 g/mol. The van der Waals surface area contributed by atoms with Gasteiger partial charge in [-0.05, 0) is 24.3 Å². The zero-order valence-electron chi connectivity index (χ0n) is 9.45. The number of hydrogen-bond acceptors (Lipinski definition) is 3. The highest BCUT2D eigenvalue weighted by Gasteiger charge is 2.19. The summed E-state index contributed by atoms with van der Waals surface area (Å²) in [6.45, 7) is 1.45. The second kappa shape index (κ2) is 5.07. The Balaban J connectivity index is 2.07. The highest BCUT2D eigenvalue weighted by Crippen LogP contribution is 2.44. The van der Waals surface area contributed by atoms with Crippen LogP contribution >= 0.6 is 7.60 Å². The number of para-hydroxylation sites is 2. The van der Waals surface area contributed by atoms with Crippen LogP contribution in [0.3, 0.4) is 0 Å². The van der Waals surface area contributed by atoms with E-state index in [1.54, 1.807) is 24.3 Å². The summed E-state index contributed by atoms with van der Waals surface area (Å²) in [5.41, 5.74) is 0. The van der Waals surface area contributed by atoms with Gasteiger partial charge in [0.15, 0.2) is 0 Å². The molecule has 0 fully saturated rings. The van der Waals surface area contributed by atoms with Gasteiger partial charge in [-0.1, -0.05) is 36.4 Å².